The Morgan fingerprint density at radius 3 is 2.67 bits per heavy atom. The Bertz CT molecular complexity index is 928. The molecule has 6 nitrogen and oxygen atoms in total. The van der Waals surface area contributed by atoms with Gasteiger partial charge in [0.25, 0.3) is 0 Å². The van der Waals surface area contributed by atoms with Gasteiger partial charge in [-0.3, -0.25) is 4.79 Å². The number of ether oxygens (including phenoxy) is 1. The summed E-state index contributed by atoms with van der Waals surface area (Å²) >= 11 is 4.71. The molecule has 1 aromatic heterocycles. The average molecular weight is 447 g/mol. The summed E-state index contributed by atoms with van der Waals surface area (Å²) in [6.07, 6.45) is 0. The predicted octanol–water partition coefficient (Wildman–Crippen LogP) is 4.37. The second-order valence-electron chi connectivity index (χ2n) is 5.64. The van der Waals surface area contributed by atoms with Crippen LogP contribution in [0.2, 0.25) is 0 Å². The maximum Gasteiger partial charge on any atom is 0.234 e. The Labute approximate surface area is 170 Å². The van der Waals surface area contributed by atoms with E-state index in [9.17, 15) is 4.79 Å². The number of nitrogens with zero attached hydrogens (tertiary/aromatic N) is 3. The molecule has 1 N–H and O–H groups in total. The maximum atomic E-state index is 12.2. The van der Waals surface area contributed by atoms with Gasteiger partial charge in [-0.2, -0.15) is 0 Å². The highest BCUT2D eigenvalue weighted by atomic mass is 79.9. The number of halogens is 1. The van der Waals surface area contributed by atoms with Gasteiger partial charge in [0.1, 0.15) is 5.75 Å². The lowest BCUT2D eigenvalue weighted by atomic mass is 10.2. The van der Waals surface area contributed by atoms with Crippen molar-refractivity contribution in [2.24, 2.45) is 7.05 Å². The minimum atomic E-state index is -0.0958. The Morgan fingerprint density at radius 2 is 1.93 bits per heavy atom. The van der Waals surface area contributed by atoms with Crippen molar-refractivity contribution in [1.82, 2.24) is 14.8 Å². The number of anilines is 1. The van der Waals surface area contributed by atoms with Crippen molar-refractivity contribution in [2.75, 3.05) is 17.7 Å². The smallest absolute Gasteiger partial charge is 0.234 e. The Hall–Kier alpha value is -2.32. The molecule has 0 radical (unpaired) electrons. The first-order valence-electron chi connectivity index (χ1n) is 8.38. The van der Waals surface area contributed by atoms with E-state index in [1.165, 1.54) is 11.8 Å². The number of carbonyl (C=O) groups is 1. The molecule has 0 aliphatic rings. The number of aromatic nitrogens is 3. The van der Waals surface area contributed by atoms with Gasteiger partial charge in [-0.05, 0) is 43.3 Å². The van der Waals surface area contributed by atoms with Gasteiger partial charge in [0.2, 0.25) is 5.91 Å². The first-order chi connectivity index (χ1) is 13.1. The topological polar surface area (TPSA) is 69.0 Å². The summed E-state index contributed by atoms with van der Waals surface area (Å²) in [4.78, 5) is 12.2. The van der Waals surface area contributed by atoms with Gasteiger partial charge in [0.05, 0.1) is 17.9 Å². The number of thioether (sulfide) groups is 1. The summed E-state index contributed by atoms with van der Waals surface area (Å²) in [5, 5.41) is 12.0. The lowest BCUT2D eigenvalue weighted by Crippen LogP contribution is -2.14. The standard InChI is InChI=1S/C19H19BrN4O2S/c1-3-26-16-7-5-4-6-15(16)18-22-23-19(24(18)2)27-12-17(25)21-14-10-8-13(20)9-11-14/h4-11H,3,12H2,1-2H3,(H,21,25). The zero-order valence-corrected chi connectivity index (χ0v) is 17.4. The summed E-state index contributed by atoms with van der Waals surface area (Å²) in [6, 6.07) is 15.2. The van der Waals surface area contributed by atoms with E-state index in [0.717, 1.165) is 21.5 Å². The van der Waals surface area contributed by atoms with Gasteiger partial charge in [-0.15, -0.1) is 10.2 Å². The molecule has 1 amide bonds. The van der Waals surface area contributed by atoms with Crippen molar-refractivity contribution in [3.63, 3.8) is 0 Å². The van der Waals surface area contributed by atoms with Crippen molar-refractivity contribution in [2.45, 2.75) is 12.1 Å². The summed E-state index contributed by atoms with van der Waals surface area (Å²) in [7, 11) is 1.88. The fraction of sp³-hybridized carbons (Fsp3) is 0.211. The molecule has 0 spiro atoms. The number of benzene rings is 2. The largest absolute Gasteiger partial charge is 0.493 e. The van der Waals surface area contributed by atoms with Crippen LogP contribution in [0.25, 0.3) is 11.4 Å². The van der Waals surface area contributed by atoms with E-state index in [1.54, 1.807) is 0 Å². The lowest BCUT2D eigenvalue weighted by Gasteiger charge is -2.09. The highest BCUT2D eigenvalue weighted by Crippen LogP contribution is 2.30. The van der Waals surface area contributed by atoms with Crippen molar-refractivity contribution in [3.8, 4) is 17.1 Å². The van der Waals surface area contributed by atoms with Gasteiger partial charge in [0, 0.05) is 17.2 Å². The van der Waals surface area contributed by atoms with Crippen molar-refractivity contribution < 1.29 is 9.53 Å². The van der Waals surface area contributed by atoms with Crippen molar-refractivity contribution in [1.29, 1.82) is 0 Å². The first kappa shape index (κ1) is 19.4. The molecule has 2 aromatic carbocycles. The van der Waals surface area contributed by atoms with E-state index in [4.69, 9.17) is 4.74 Å². The zero-order chi connectivity index (χ0) is 19.2. The van der Waals surface area contributed by atoms with Crippen LogP contribution in [0, 0.1) is 0 Å². The molecule has 0 saturated carbocycles. The molecule has 27 heavy (non-hydrogen) atoms. The molecule has 0 fully saturated rings. The Kier molecular flexibility index (Phi) is 6.52. The number of hydrogen-bond acceptors (Lipinski definition) is 5. The molecule has 0 aliphatic heterocycles. The maximum absolute atomic E-state index is 12.2. The van der Waals surface area contributed by atoms with Crippen LogP contribution in [0.3, 0.4) is 0 Å². The molecule has 1 heterocycles. The summed E-state index contributed by atoms with van der Waals surface area (Å²) in [5.74, 6) is 1.62. The summed E-state index contributed by atoms with van der Waals surface area (Å²) < 4.78 is 8.51. The average Bonchev–Trinajstić information content (AvgIpc) is 3.03. The number of amides is 1. The van der Waals surface area contributed by atoms with Crippen LogP contribution in [-0.4, -0.2) is 33.0 Å². The minimum Gasteiger partial charge on any atom is -0.493 e. The Balaban J connectivity index is 1.67. The van der Waals surface area contributed by atoms with E-state index in [1.807, 2.05) is 67.1 Å². The zero-order valence-electron chi connectivity index (χ0n) is 15.0. The second-order valence-corrected chi connectivity index (χ2v) is 7.50. The summed E-state index contributed by atoms with van der Waals surface area (Å²) in [6.45, 7) is 2.52. The molecule has 140 valence electrons. The number of hydrogen-bond donors (Lipinski definition) is 1. The molecule has 3 rings (SSSR count). The third-order valence-corrected chi connectivity index (χ3v) is 5.27. The van der Waals surface area contributed by atoms with Crippen LogP contribution in [0.15, 0.2) is 58.2 Å². The molecule has 0 aliphatic carbocycles. The summed E-state index contributed by atoms with van der Waals surface area (Å²) in [5.41, 5.74) is 1.63. The third-order valence-electron chi connectivity index (χ3n) is 3.72. The Morgan fingerprint density at radius 1 is 1.19 bits per heavy atom. The van der Waals surface area contributed by atoms with E-state index in [-0.39, 0.29) is 11.7 Å². The number of carbonyl (C=O) groups excluding carboxylic acids is 1. The van der Waals surface area contributed by atoms with E-state index >= 15 is 0 Å². The van der Waals surface area contributed by atoms with E-state index in [0.29, 0.717) is 17.6 Å². The molecule has 0 atom stereocenters. The molecular weight excluding hydrogens is 428 g/mol. The number of para-hydroxylation sites is 1. The van der Waals surface area contributed by atoms with Crippen LogP contribution in [0.1, 0.15) is 6.92 Å². The predicted molar refractivity (Wildman–Crippen MR) is 111 cm³/mol. The van der Waals surface area contributed by atoms with Gasteiger partial charge in [-0.1, -0.05) is 39.8 Å². The third kappa shape index (κ3) is 4.90. The van der Waals surface area contributed by atoms with Crippen molar-refractivity contribution in [3.05, 3.63) is 53.0 Å². The van der Waals surface area contributed by atoms with Gasteiger partial charge < -0.3 is 14.6 Å². The SMILES string of the molecule is CCOc1ccccc1-c1nnc(SCC(=O)Nc2ccc(Br)cc2)n1C. The minimum absolute atomic E-state index is 0.0958. The second kappa shape index (κ2) is 9.05. The van der Waals surface area contributed by atoms with Gasteiger partial charge in [0.15, 0.2) is 11.0 Å². The van der Waals surface area contributed by atoms with Crippen LogP contribution in [0.5, 0.6) is 5.75 Å². The molecule has 0 unspecified atom stereocenters. The molecule has 8 heteroatoms. The van der Waals surface area contributed by atoms with Gasteiger partial charge in [-0.25, -0.2) is 0 Å². The van der Waals surface area contributed by atoms with Crippen LogP contribution in [-0.2, 0) is 11.8 Å². The van der Waals surface area contributed by atoms with Crippen molar-refractivity contribution >= 4 is 39.3 Å². The van der Waals surface area contributed by atoms with Crippen LogP contribution in [0.4, 0.5) is 5.69 Å². The molecular formula is C19H19BrN4O2S. The van der Waals surface area contributed by atoms with E-state index < -0.39 is 0 Å². The van der Waals surface area contributed by atoms with E-state index in [2.05, 4.69) is 31.4 Å². The highest BCUT2D eigenvalue weighted by Gasteiger charge is 2.16. The van der Waals surface area contributed by atoms with Gasteiger partial charge >= 0.3 is 0 Å². The quantitative estimate of drug-likeness (QED) is 0.545. The fourth-order valence-electron chi connectivity index (χ4n) is 2.47. The molecule has 3 aromatic rings. The normalized spacial score (nSPS) is 10.6. The van der Waals surface area contributed by atoms with Crippen LogP contribution >= 0.6 is 27.7 Å². The first-order valence-corrected chi connectivity index (χ1v) is 10.2. The number of nitrogens with one attached hydrogen (secondary N) is 1. The number of rotatable bonds is 7. The molecule has 0 bridgehead atoms. The monoisotopic (exact) mass is 446 g/mol. The highest BCUT2D eigenvalue weighted by molar-refractivity contribution is 9.10. The van der Waals surface area contributed by atoms with Crippen LogP contribution < -0.4 is 10.1 Å². The molecule has 0 saturated heterocycles. The lowest BCUT2D eigenvalue weighted by molar-refractivity contribution is -0.113. The fourth-order valence-corrected chi connectivity index (χ4v) is 3.44.